The molecule has 30 heavy (non-hydrogen) atoms. The van der Waals surface area contributed by atoms with Crippen molar-refractivity contribution in [3.63, 3.8) is 0 Å². The van der Waals surface area contributed by atoms with E-state index in [1.54, 1.807) is 6.33 Å². The van der Waals surface area contributed by atoms with Crippen molar-refractivity contribution in [1.82, 2.24) is 19.3 Å². The maximum atomic E-state index is 12.9. The molecule has 160 valence electrons. The van der Waals surface area contributed by atoms with E-state index in [1.165, 1.54) is 0 Å². The zero-order chi connectivity index (χ0) is 21.4. The van der Waals surface area contributed by atoms with E-state index in [0.29, 0.717) is 12.2 Å². The first-order chi connectivity index (χ1) is 14.3. The van der Waals surface area contributed by atoms with Crippen LogP contribution in [0.5, 0.6) is 0 Å². The number of carbonyl (C=O) groups excluding carboxylic acids is 1. The third-order valence-corrected chi connectivity index (χ3v) is 5.70. The molecule has 3 aromatic heterocycles. The number of hydrogen-bond acceptors (Lipinski definition) is 5. The molecule has 0 spiro atoms. The Hall–Kier alpha value is -2.64. The summed E-state index contributed by atoms with van der Waals surface area (Å²) in [5.74, 6) is -0.196. The molecule has 2 atom stereocenters. The van der Waals surface area contributed by atoms with Gasteiger partial charge in [-0.2, -0.15) is 0 Å². The number of fused-ring (bicyclic) bond motifs is 1. The van der Waals surface area contributed by atoms with E-state index in [-0.39, 0.29) is 24.1 Å². The van der Waals surface area contributed by atoms with Crippen LogP contribution in [0, 0.1) is 6.92 Å². The van der Waals surface area contributed by atoms with Gasteiger partial charge in [0.05, 0.1) is 36.4 Å². The molecule has 7 nitrogen and oxygen atoms in total. The van der Waals surface area contributed by atoms with Crippen LogP contribution >= 0.6 is 0 Å². The molecule has 1 N–H and O–H groups in total. The minimum absolute atomic E-state index is 0.0396. The topological polar surface area (TPSA) is 69.8 Å². The lowest BCUT2D eigenvalue weighted by atomic mass is 9.93. The van der Waals surface area contributed by atoms with Crippen molar-refractivity contribution in [3.8, 4) is 11.3 Å². The van der Waals surface area contributed by atoms with Gasteiger partial charge in [-0.25, -0.2) is 9.78 Å². The Morgan fingerprint density at radius 3 is 2.73 bits per heavy atom. The first-order valence-electron chi connectivity index (χ1n) is 10.5. The van der Waals surface area contributed by atoms with Gasteiger partial charge >= 0.3 is 5.97 Å². The van der Waals surface area contributed by atoms with Gasteiger partial charge in [0.15, 0.2) is 0 Å². The van der Waals surface area contributed by atoms with Crippen LogP contribution in [0.4, 0.5) is 0 Å². The predicted molar refractivity (Wildman–Crippen MR) is 116 cm³/mol. The van der Waals surface area contributed by atoms with E-state index >= 15 is 0 Å². The number of aryl methyl sites for hydroxylation is 1. The van der Waals surface area contributed by atoms with Crippen molar-refractivity contribution in [2.24, 2.45) is 7.05 Å². The van der Waals surface area contributed by atoms with Gasteiger partial charge in [-0.15, -0.1) is 0 Å². The molecule has 0 radical (unpaired) electrons. The number of ether oxygens (including phenoxy) is 2. The number of pyridine rings is 1. The van der Waals surface area contributed by atoms with Crippen LogP contribution < -0.4 is 5.32 Å². The molecule has 0 aromatic carbocycles. The second-order valence-electron chi connectivity index (χ2n) is 8.37. The molecule has 0 saturated carbocycles. The summed E-state index contributed by atoms with van der Waals surface area (Å²) in [5, 5.41) is 3.41. The van der Waals surface area contributed by atoms with E-state index < -0.39 is 0 Å². The van der Waals surface area contributed by atoms with Crippen LogP contribution in [-0.2, 0) is 16.5 Å². The first-order valence-corrected chi connectivity index (χ1v) is 10.5. The van der Waals surface area contributed by atoms with Crippen LogP contribution in [0.15, 0.2) is 30.9 Å². The number of rotatable bonds is 5. The minimum Gasteiger partial charge on any atom is -0.459 e. The maximum Gasteiger partial charge on any atom is 0.338 e. The van der Waals surface area contributed by atoms with Gasteiger partial charge in [-0.1, -0.05) is 6.92 Å². The Balaban J connectivity index is 1.87. The average Bonchev–Trinajstić information content (AvgIpc) is 3.33. The number of imidazole rings is 1. The van der Waals surface area contributed by atoms with E-state index in [2.05, 4.69) is 33.9 Å². The fourth-order valence-electron chi connectivity index (χ4n) is 4.21. The summed E-state index contributed by atoms with van der Waals surface area (Å²) in [6.45, 7) is 10.2. The first kappa shape index (κ1) is 20.6. The van der Waals surface area contributed by atoms with Crippen molar-refractivity contribution in [3.05, 3.63) is 47.7 Å². The molecule has 7 heteroatoms. The Bertz CT molecular complexity index is 1060. The molecule has 1 saturated heterocycles. The molecule has 2 unspecified atom stereocenters. The van der Waals surface area contributed by atoms with Gasteiger partial charge in [-0.3, -0.25) is 0 Å². The van der Waals surface area contributed by atoms with Crippen LogP contribution in [-0.4, -0.2) is 51.8 Å². The Labute approximate surface area is 177 Å². The molecule has 0 aliphatic carbocycles. The number of esters is 1. The summed E-state index contributed by atoms with van der Waals surface area (Å²) < 4.78 is 15.7. The highest BCUT2D eigenvalue weighted by atomic mass is 16.5. The third kappa shape index (κ3) is 3.87. The standard InChI is InChI=1S/C23H30N4O3/c1-14(2)30-23(28)19-9-18-8-17(20-12-26(5)13-25-20)11-27(18)22(15(19)3)16(4)21-10-24-6-7-29-21/h8-9,11-14,16,21,24H,6-7,10H2,1-5H3. The number of aromatic nitrogens is 3. The van der Waals surface area contributed by atoms with Gasteiger partial charge in [0.1, 0.15) is 0 Å². The van der Waals surface area contributed by atoms with Crippen LogP contribution in [0.3, 0.4) is 0 Å². The summed E-state index contributed by atoms with van der Waals surface area (Å²) in [7, 11) is 1.96. The second kappa shape index (κ2) is 8.24. The zero-order valence-corrected chi connectivity index (χ0v) is 18.3. The number of nitrogens with zero attached hydrogens (tertiary/aromatic N) is 3. The molecule has 3 aromatic rings. The molecular formula is C23H30N4O3. The Morgan fingerprint density at radius 2 is 2.10 bits per heavy atom. The zero-order valence-electron chi connectivity index (χ0n) is 18.3. The predicted octanol–water partition coefficient (Wildman–Crippen LogP) is 3.31. The molecule has 1 aliphatic heterocycles. The van der Waals surface area contributed by atoms with Crippen molar-refractivity contribution in [1.29, 1.82) is 0 Å². The van der Waals surface area contributed by atoms with E-state index in [4.69, 9.17) is 9.47 Å². The molecule has 1 fully saturated rings. The summed E-state index contributed by atoms with van der Waals surface area (Å²) in [6.07, 6.45) is 5.75. The highest BCUT2D eigenvalue weighted by Crippen LogP contribution is 2.32. The van der Waals surface area contributed by atoms with E-state index in [9.17, 15) is 4.79 Å². The Kier molecular flexibility index (Phi) is 5.66. The van der Waals surface area contributed by atoms with E-state index in [1.807, 2.05) is 44.6 Å². The monoisotopic (exact) mass is 410 g/mol. The van der Waals surface area contributed by atoms with E-state index in [0.717, 1.165) is 41.1 Å². The fourth-order valence-corrected chi connectivity index (χ4v) is 4.21. The lowest BCUT2D eigenvalue weighted by molar-refractivity contribution is 0.0134. The van der Waals surface area contributed by atoms with Crippen molar-refractivity contribution < 1.29 is 14.3 Å². The summed E-state index contributed by atoms with van der Waals surface area (Å²) in [4.78, 5) is 17.3. The molecule has 4 heterocycles. The highest BCUT2D eigenvalue weighted by Gasteiger charge is 2.28. The van der Waals surface area contributed by atoms with Crippen LogP contribution in [0.2, 0.25) is 0 Å². The van der Waals surface area contributed by atoms with Gasteiger partial charge in [0.25, 0.3) is 0 Å². The second-order valence-corrected chi connectivity index (χ2v) is 8.37. The molecule has 0 amide bonds. The highest BCUT2D eigenvalue weighted by molar-refractivity contribution is 5.93. The summed E-state index contributed by atoms with van der Waals surface area (Å²) in [6, 6.07) is 3.99. The lowest BCUT2D eigenvalue weighted by Gasteiger charge is -2.31. The van der Waals surface area contributed by atoms with Gasteiger partial charge in [-0.05, 0) is 38.5 Å². The molecular weight excluding hydrogens is 380 g/mol. The molecule has 1 aliphatic rings. The van der Waals surface area contributed by atoms with Gasteiger partial charge in [0.2, 0.25) is 0 Å². The van der Waals surface area contributed by atoms with Crippen molar-refractivity contribution >= 4 is 11.5 Å². The SMILES string of the molecule is Cc1c(C(=O)OC(C)C)cc2cc(-c3cn(C)cn3)cn2c1C(C)C1CNCCO1. The van der Waals surface area contributed by atoms with Crippen LogP contribution in [0.1, 0.15) is 48.3 Å². The normalized spacial score (nSPS) is 18.1. The number of hydrogen-bond donors (Lipinski definition) is 1. The average molecular weight is 411 g/mol. The van der Waals surface area contributed by atoms with Gasteiger partial charge in [0, 0.05) is 55.2 Å². The largest absolute Gasteiger partial charge is 0.459 e. The van der Waals surface area contributed by atoms with Crippen molar-refractivity contribution in [2.75, 3.05) is 19.7 Å². The lowest BCUT2D eigenvalue weighted by Crippen LogP contribution is -2.41. The Morgan fingerprint density at radius 1 is 1.30 bits per heavy atom. The minimum atomic E-state index is -0.290. The number of carbonyl (C=O) groups is 1. The molecule has 0 bridgehead atoms. The summed E-state index contributed by atoms with van der Waals surface area (Å²) >= 11 is 0. The summed E-state index contributed by atoms with van der Waals surface area (Å²) in [5.41, 5.74) is 5.46. The number of morpholine rings is 1. The third-order valence-electron chi connectivity index (χ3n) is 5.70. The molecule has 4 rings (SSSR count). The van der Waals surface area contributed by atoms with Crippen molar-refractivity contribution in [2.45, 2.75) is 45.8 Å². The van der Waals surface area contributed by atoms with Crippen LogP contribution in [0.25, 0.3) is 16.8 Å². The fraction of sp³-hybridized carbons (Fsp3) is 0.478. The number of nitrogens with one attached hydrogen (secondary N) is 1. The maximum absolute atomic E-state index is 12.9. The smallest absolute Gasteiger partial charge is 0.338 e. The quantitative estimate of drug-likeness (QED) is 0.654. The van der Waals surface area contributed by atoms with Gasteiger partial charge < -0.3 is 23.8 Å².